The molecule has 0 aliphatic heterocycles. The van der Waals surface area contributed by atoms with Crippen LogP contribution < -0.4 is 10.8 Å². The molecule has 0 fully saturated rings. The summed E-state index contributed by atoms with van der Waals surface area (Å²) in [6.07, 6.45) is 1.71. The van der Waals surface area contributed by atoms with Gasteiger partial charge >= 0.3 is 0 Å². The molecule has 0 aliphatic carbocycles. The van der Waals surface area contributed by atoms with Gasteiger partial charge in [-0.3, -0.25) is 24.6 Å². The van der Waals surface area contributed by atoms with E-state index in [1.807, 2.05) is 19.1 Å². The van der Waals surface area contributed by atoms with E-state index in [-0.39, 0.29) is 0 Å². The number of carbonyl (C=O) groups is 3. The van der Waals surface area contributed by atoms with E-state index in [1.165, 1.54) is 19.6 Å². The summed E-state index contributed by atoms with van der Waals surface area (Å²) < 4.78 is 0. The number of nitrogens with zero attached hydrogens (tertiary/aromatic N) is 2. The van der Waals surface area contributed by atoms with Crippen LogP contribution >= 0.6 is 0 Å². The van der Waals surface area contributed by atoms with Crippen molar-refractivity contribution in [2.45, 2.75) is 13.0 Å². The van der Waals surface area contributed by atoms with Crippen LogP contribution in [0, 0.1) is 6.92 Å². The summed E-state index contributed by atoms with van der Waals surface area (Å²) >= 11 is 0. The van der Waals surface area contributed by atoms with E-state index >= 15 is 0 Å². The number of carbonyl (C=O) groups excluding carboxylic acids is 3. The number of nitrogens with one attached hydrogen (secondary N) is 2. The van der Waals surface area contributed by atoms with Gasteiger partial charge in [0.05, 0.1) is 5.69 Å². The van der Waals surface area contributed by atoms with Crippen molar-refractivity contribution in [2.24, 2.45) is 0 Å². The van der Waals surface area contributed by atoms with Crippen LogP contribution in [-0.4, -0.2) is 52.9 Å². The fourth-order valence-electron chi connectivity index (χ4n) is 2.47. The molecule has 0 saturated heterocycles. The molecule has 1 unspecified atom stereocenters. The van der Waals surface area contributed by atoms with Crippen LogP contribution in [-0.2, 0) is 9.59 Å². The highest BCUT2D eigenvalue weighted by molar-refractivity contribution is 6.08. The van der Waals surface area contributed by atoms with Crippen LogP contribution in [0.2, 0.25) is 0 Å². The molecule has 136 valence electrons. The Morgan fingerprint density at radius 1 is 1.12 bits per heavy atom. The number of amides is 3. The molecule has 0 radical (unpaired) electrons. The summed E-state index contributed by atoms with van der Waals surface area (Å²) in [5.41, 5.74) is 4.38. The van der Waals surface area contributed by atoms with Gasteiger partial charge in [-0.05, 0) is 36.8 Å². The first kappa shape index (κ1) is 19.1. The monoisotopic (exact) mass is 356 g/mol. The second kappa shape index (κ2) is 8.21. The summed E-state index contributed by atoms with van der Waals surface area (Å²) in [4.78, 5) is 41.5. The number of benzene rings is 1. The summed E-state index contributed by atoms with van der Waals surface area (Å²) in [6.45, 7) is 1.96. The van der Waals surface area contributed by atoms with Crippen LogP contribution in [0.3, 0.4) is 0 Å². The van der Waals surface area contributed by atoms with Gasteiger partial charge in [0.25, 0.3) is 17.7 Å². The van der Waals surface area contributed by atoms with Crippen molar-refractivity contribution in [3.8, 4) is 11.3 Å². The molecule has 0 saturated carbocycles. The van der Waals surface area contributed by atoms with E-state index in [4.69, 9.17) is 5.21 Å². The predicted molar refractivity (Wildman–Crippen MR) is 94.3 cm³/mol. The molecular formula is C18H20N4O4. The van der Waals surface area contributed by atoms with E-state index in [2.05, 4.69) is 10.3 Å². The molecular weight excluding hydrogens is 336 g/mol. The normalized spacial score (nSPS) is 11.4. The van der Waals surface area contributed by atoms with Crippen molar-refractivity contribution in [3.05, 3.63) is 53.7 Å². The number of hydroxylamine groups is 1. The van der Waals surface area contributed by atoms with E-state index in [0.29, 0.717) is 5.56 Å². The average molecular weight is 356 g/mol. The molecule has 0 spiro atoms. The second-order valence-electron chi connectivity index (χ2n) is 5.70. The third-order valence-electron chi connectivity index (χ3n) is 3.90. The smallest absolute Gasteiger partial charge is 0.275 e. The van der Waals surface area contributed by atoms with Crippen molar-refractivity contribution in [2.75, 3.05) is 14.1 Å². The van der Waals surface area contributed by atoms with Crippen LogP contribution in [0.5, 0.6) is 0 Å². The minimum absolute atomic E-state index is 0.295. The maximum Gasteiger partial charge on any atom is 0.275 e. The standard InChI is InChI=1S/C18H20N4O4/c1-11-8-9-20-14(10-11)12-4-6-13(7-5-12)18(25)22(3)15(16(23)19-2)17(24)21-26/h4-10,15,26H,1-3H3,(H,19,23)(H,21,24). The van der Waals surface area contributed by atoms with E-state index < -0.39 is 23.8 Å². The molecule has 8 heteroatoms. The van der Waals surface area contributed by atoms with Gasteiger partial charge in [-0.15, -0.1) is 0 Å². The quantitative estimate of drug-likeness (QED) is 0.416. The molecule has 2 aromatic rings. The van der Waals surface area contributed by atoms with Gasteiger partial charge in [0, 0.05) is 31.4 Å². The number of likely N-dealkylation sites (N-methyl/N-ethyl adjacent to an activating group) is 2. The minimum atomic E-state index is -1.49. The maximum absolute atomic E-state index is 12.6. The van der Waals surface area contributed by atoms with Crippen molar-refractivity contribution >= 4 is 17.7 Å². The average Bonchev–Trinajstić information content (AvgIpc) is 2.67. The van der Waals surface area contributed by atoms with E-state index in [1.54, 1.807) is 30.5 Å². The number of rotatable bonds is 5. The Kier molecular flexibility index (Phi) is 6.03. The summed E-state index contributed by atoms with van der Waals surface area (Å²) in [5.74, 6) is -2.25. The first-order chi connectivity index (χ1) is 12.4. The number of pyridine rings is 1. The molecule has 3 amide bonds. The van der Waals surface area contributed by atoms with Gasteiger partial charge in [-0.25, -0.2) is 5.48 Å². The molecule has 1 aromatic carbocycles. The Balaban J connectivity index is 2.25. The summed E-state index contributed by atoms with van der Waals surface area (Å²) in [7, 11) is 2.65. The van der Waals surface area contributed by atoms with Gasteiger partial charge in [-0.2, -0.15) is 0 Å². The van der Waals surface area contributed by atoms with Crippen molar-refractivity contribution in [1.29, 1.82) is 0 Å². The maximum atomic E-state index is 12.6. The zero-order valence-electron chi connectivity index (χ0n) is 14.7. The Bertz CT molecular complexity index is 804. The van der Waals surface area contributed by atoms with Gasteiger partial charge in [0.2, 0.25) is 0 Å². The third-order valence-corrected chi connectivity index (χ3v) is 3.90. The highest BCUT2D eigenvalue weighted by Gasteiger charge is 2.33. The molecule has 0 bridgehead atoms. The van der Waals surface area contributed by atoms with Crippen LogP contribution in [0.1, 0.15) is 15.9 Å². The van der Waals surface area contributed by atoms with Crippen LogP contribution in [0.25, 0.3) is 11.3 Å². The Hall–Kier alpha value is -3.26. The Morgan fingerprint density at radius 2 is 1.77 bits per heavy atom. The molecule has 1 heterocycles. The lowest BCUT2D eigenvalue weighted by Gasteiger charge is -2.25. The van der Waals surface area contributed by atoms with E-state index in [9.17, 15) is 14.4 Å². The molecule has 2 rings (SSSR count). The summed E-state index contributed by atoms with van der Waals surface area (Å²) in [5, 5.41) is 11.1. The van der Waals surface area contributed by atoms with Gasteiger partial charge in [0.1, 0.15) is 0 Å². The lowest BCUT2D eigenvalue weighted by Crippen LogP contribution is -2.54. The van der Waals surface area contributed by atoms with Crippen molar-refractivity contribution in [3.63, 3.8) is 0 Å². The lowest BCUT2D eigenvalue weighted by molar-refractivity contribution is -0.140. The number of aryl methyl sites for hydroxylation is 1. The van der Waals surface area contributed by atoms with Crippen LogP contribution in [0.4, 0.5) is 0 Å². The zero-order chi connectivity index (χ0) is 19.3. The fourth-order valence-corrected chi connectivity index (χ4v) is 2.47. The SMILES string of the molecule is CNC(=O)C(C(=O)NO)N(C)C(=O)c1ccc(-c2cc(C)ccn2)cc1. The molecule has 26 heavy (non-hydrogen) atoms. The number of hydrogen-bond acceptors (Lipinski definition) is 5. The van der Waals surface area contributed by atoms with Gasteiger partial charge in [0.15, 0.2) is 6.04 Å². The first-order valence-electron chi connectivity index (χ1n) is 7.84. The molecule has 8 nitrogen and oxygen atoms in total. The zero-order valence-corrected chi connectivity index (χ0v) is 14.7. The highest BCUT2D eigenvalue weighted by atomic mass is 16.5. The predicted octanol–water partition coefficient (Wildman–Crippen LogP) is 0.749. The van der Waals surface area contributed by atoms with E-state index in [0.717, 1.165) is 21.7 Å². The fraction of sp³-hybridized carbons (Fsp3) is 0.222. The largest absolute Gasteiger partial charge is 0.357 e. The molecule has 3 N–H and O–H groups in total. The number of hydrogen-bond donors (Lipinski definition) is 3. The molecule has 1 aromatic heterocycles. The Morgan fingerprint density at radius 3 is 2.31 bits per heavy atom. The topological polar surface area (TPSA) is 112 Å². The van der Waals surface area contributed by atoms with Gasteiger partial charge < -0.3 is 10.2 Å². The van der Waals surface area contributed by atoms with Crippen molar-refractivity contribution in [1.82, 2.24) is 20.7 Å². The first-order valence-corrected chi connectivity index (χ1v) is 7.84. The lowest BCUT2D eigenvalue weighted by atomic mass is 10.1. The minimum Gasteiger partial charge on any atom is -0.357 e. The Labute approximate surface area is 150 Å². The van der Waals surface area contributed by atoms with Crippen LogP contribution in [0.15, 0.2) is 42.6 Å². The highest BCUT2D eigenvalue weighted by Crippen LogP contribution is 2.19. The number of aromatic nitrogens is 1. The third kappa shape index (κ3) is 4.04. The van der Waals surface area contributed by atoms with Crippen molar-refractivity contribution < 1.29 is 19.6 Å². The molecule has 1 atom stereocenters. The molecule has 0 aliphatic rings. The second-order valence-corrected chi connectivity index (χ2v) is 5.70. The summed E-state index contributed by atoms with van der Waals surface area (Å²) in [6, 6.07) is 8.99. The van der Waals surface area contributed by atoms with Gasteiger partial charge in [-0.1, -0.05) is 12.1 Å².